The molecule has 2 aromatic heterocycles. The summed E-state index contributed by atoms with van der Waals surface area (Å²) in [6.07, 6.45) is 0.324. The molecule has 3 heterocycles. The molecule has 24 heavy (non-hydrogen) atoms. The Bertz CT molecular complexity index is 671. The largest absolute Gasteiger partial charge is 0.440 e. The number of amides is 1. The van der Waals surface area contributed by atoms with E-state index in [4.69, 9.17) is 4.42 Å². The zero-order valence-electron chi connectivity index (χ0n) is 14.6. The molecule has 0 aromatic carbocycles. The van der Waals surface area contributed by atoms with E-state index in [0.29, 0.717) is 18.2 Å². The lowest BCUT2D eigenvalue weighted by molar-refractivity contribution is -0.132. The van der Waals surface area contributed by atoms with Crippen LogP contribution in [0.25, 0.3) is 10.8 Å². The summed E-state index contributed by atoms with van der Waals surface area (Å²) >= 11 is 1.59. The second-order valence-corrected chi connectivity index (χ2v) is 7.70. The van der Waals surface area contributed by atoms with Crippen LogP contribution in [0.2, 0.25) is 0 Å². The SMILES string of the molecule is Cc1oc(-c2cccs2)nc1CC(=O)N1CCN(CC(C)C)CC1. The standard InChI is InChI=1S/C18H25N3O2S/c1-13(2)12-20-6-8-21(9-7-20)17(22)11-15-14(3)23-18(19-15)16-5-4-10-24-16/h4-5,10,13H,6-9,11-12H2,1-3H3. The first kappa shape index (κ1) is 17.2. The van der Waals surface area contributed by atoms with Crippen LogP contribution in [0.15, 0.2) is 21.9 Å². The Morgan fingerprint density at radius 2 is 2.08 bits per heavy atom. The Kier molecular flexibility index (Phi) is 5.36. The van der Waals surface area contributed by atoms with E-state index in [-0.39, 0.29) is 5.91 Å². The summed E-state index contributed by atoms with van der Waals surface area (Å²) in [6.45, 7) is 11.0. The smallest absolute Gasteiger partial charge is 0.236 e. The Morgan fingerprint density at radius 3 is 2.71 bits per heavy atom. The molecule has 1 aliphatic heterocycles. The van der Waals surface area contributed by atoms with Gasteiger partial charge in [-0.2, -0.15) is 0 Å². The van der Waals surface area contributed by atoms with Crippen LogP contribution in [0.4, 0.5) is 0 Å². The van der Waals surface area contributed by atoms with E-state index in [1.807, 2.05) is 29.3 Å². The summed E-state index contributed by atoms with van der Waals surface area (Å²) in [6, 6.07) is 3.95. The number of carbonyl (C=O) groups excluding carboxylic acids is 1. The average Bonchev–Trinajstić information content (AvgIpc) is 3.18. The van der Waals surface area contributed by atoms with Crippen molar-refractivity contribution in [1.82, 2.24) is 14.8 Å². The predicted octanol–water partition coefficient (Wildman–Crippen LogP) is 3.05. The molecule has 5 nitrogen and oxygen atoms in total. The number of aryl methyl sites for hydroxylation is 1. The predicted molar refractivity (Wildman–Crippen MR) is 96.1 cm³/mol. The van der Waals surface area contributed by atoms with Gasteiger partial charge in [0.1, 0.15) is 5.76 Å². The third-order valence-electron chi connectivity index (χ3n) is 4.29. The van der Waals surface area contributed by atoms with Gasteiger partial charge in [0.05, 0.1) is 17.0 Å². The summed E-state index contributed by atoms with van der Waals surface area (Å²) in [7, 11) is 0. The van der Waals surface area contributed by atoms with Gasteiger partial charge in [0.25, 0.3) is 0 Å². The van der Waals surface area contributed by atoms with Gasteiger partial charge in [-0.25, -0.2) is 4.98 Å². The molecular formula is C18H25N3O2S. The molecule has 2 aromatic rings. The summed E-state index contributed by atoms with van der Waals surface area (Å²) < 4.78 is 5.73. The minimum atomic E-state index is 0.147. The number of thiophene rings is 1. The molecule has 0 radical (unpaired) electrons. The van der Waals surface area contributed by atoms with E-state index in [0.717, 1.165) is 49.1 Å². The molecule has 0 aliphatic carbocycles. The highest BCUT2D eigenvalue weighted by Crippen LogP contribution is 2.26. The maximum Gasteiger partial charge on any atom is 0.236 e. The van der Waals surface area contributed by atoms with Crippen molar-refractivity contribution in [3.8, 4) is 10.8 Å². The number of rotatable bonds is 5. The van der Waals surface area contributed by atoms with Crippen LogP contribution >= 0.6 is 11.3 Å². The molecule has 1 fully saturated rings. The van der Waals surface area contributed by atoms with Gasteiger partial charge < -0.3 is 9.32 Å². The molecule has 0 bridgehead atoms. The van der Waals surface area contributed by atoms with Crippen molar-refractivity contribution < 1.29 is 9.21 Å². The number of oxazole rings is 1. The number of carbonyl (C=O) groups is 1. The van der Waals surface area contributed by atoms with Crippen molar-refractivity contribution in [2.24, 2.45) is 5.92 Å². The molecule has 0 saturated carbocycles. The Morgan fingerprint density at radius 1 is 1.33 bits per heavy atom. The van der Waals surface area contributed by atoms with Gasteiger partial charge in [-0.05, 0) is 24.3 Å². The third-order valence-corrected chi connectivity index (χ3v) is 5.15. The maximum absolute atomic E-state index is 12.6. The van der Waals surface area contributed by atoms with Crippen LogP contribution in [-0.4, -0.2) is 53.4 Å². The first-order valence-corrected chi connectivity index (χ1v) is 9.41. The fraction of sp³-hybridized carbons (Fsp3) is 0.556. The maximum atomic E-state index is 12.6. The summed E-state index contributed by atoms with van der Waals surface area (Å²) in [4.78, 5) is 22.5. The lowest BCUT2D eigenvalue weighted by atomic mass is 10.2. The monoisotopic (exact) mass is 347 g/mol. The lowest BCUT2D eigenvalue weighted by Crippen LogP contribution is -2.49. The molecular weight excluding hydrogens is 322 g/mol. The highest BCUT2D eigenvalue weighted by Gasteiger charge is 2.23. The van der Waals surface area contributed by atoms with Crippen molar-refractivity contribution in [3.05, 3.63) is 29.0 Å². The molecule has 0 N–H and O–H groups in total. The van der Waals surface area contributed by atoms with Gasteiger partial charge in [0, 0.05) is 32.7 Å². The van der Waals surface area contributed by atoms with E-state index in [1.54, 1.807) is 11.3 Å². The second kappa shape index (κ2) is 7.49. The number of hydrogen-bond donors (Lipinski definition) is 0. The first-order valence-electron chi connectivity index (χ1n) is 8.53. The zero-order chi connectivity index (χ0) is 17.1. The van der Waals surface area contributed by atoms with Crippen molar-refractivity contribution in [2.75, 3.05) is 32.7 Å². The second-order valence-electron chi connectivity index (χ2n) is 6.75. The van der Waals surface area contributed by atoms with E-state index in [2.05, 4.69) is 23.7 Å². The van der Waals surface area contributed by atoms with Crippen LogP contribution in [-0.2, 0) is 11.2 Å². The van der Waals surface area contributed by atoms with Crippen molar-refractivity contribution in [3.63, 3.8) is 0 Å². The van der Waals surface area contributed by atoms with Gasteiger partial charge in [-0.3, -0.25) is 9.69 Å². The highest BCUT2D eigenvalue weighted by molar-refractivity contribution is 7.13. The molecule has 0 atom stereocenters. The molecule has 6 heteroatoms. The number of piperazine rings is 1. The summed E-state index contributed by atoms with van der Waals surface area (Å²) in [5.74, 6) is 2.17. The van der Waals surface area contributed by atoms with Crippen LogP contribution in [0.3, 0.4) is 0 Å². The lowest BCUT2D eigenvalue weighted by Gasteiger charge is -2.35. The number of aromatic nitrogens is 1. The fourth-order valence-electron chi connectivity index (χ4n) is 3.05. The zero-order valence-corrected chi connectivity index (χ0v) is 15.4. The van der Waals surface area contributed by atoms with Crippen molar-refractivity contribution in [1.29, 1.82) is 0 Å². The third kappa shape index (κ3) is 4.05. The number of hydrogen-bond acceptors (Lipinski definition) is 5. The van der Waals surface area contributed by atoms with Crippen LogP contribution < -0.4 is 0 Å². The van der Waals surface area contributed by atoms with Gasteiger partial charge in [-0.15, -0.1) is 11.3 Å². The molecule has 1 aliphatic rings. The Balaban J connectivity index is 1.58. The van der Waals surface area contributed by atoms with Gasteiger partial charge in [0.15, 0.2) is 0 Å². The van der Waals surface area contributed by atoms with E-state index in [1.165, 1.54) is 0 Å². The average molecular weight is 347 g/mol. The number of nitrogens with zero attached hydrogens (tertiary/aromatic N) is 3. The molecule has 0 unspecified atom stereocenters. The van der Waals surface area contributed by atoms with Gasteiger partial charge in [-0.1, -0.05) is 19.9 Å². The normalized spacial score (nSPS) is 16.1. The van der Waals surface area contributed by atoms with Gasteiger partial charge >= 0.3 is 0 Å². The molecule has 1 amide bonds. The molecule has 0 spiro atoms. The molecule has 3 rings (SSSR count). The summed E-state index contributed by atoms with van der Waals surface area (Å²) in [5.41, 5.74) is 0.757. The quantitative estimate of drug-likeness (QED) is 0.834. The molecule has 130 valence electrons. The highest BCUT2D eigenvalue weighted by atomic mass is 32.1. The van der Waals surface area contributed by atoms with Crippen LogP contribution in [0, 0.1) is 12.8 Å². The van der Waals surface area contributed by atoms with E-state index >= 15 is 0 Å². The minimum absolute atomic E-state index is 0.147. The Hall–Kier alpha value is -1.66. The van der Waals surface area contributed by atoms with Gasteiger partial charge in [0.2, 0.25) is 11.8 Å². The Labute approximate surface area is 147 Å². The van der Waals surface area contributed by atoms with Crippen molar-refractivity contribution in [2.45, 2.75) is 27.2 Å². The van der Waals surface area contributed by atoms with Crippen molar-refractivity contribution >= 4 is 17.2 Å². The topological polar surface area (TPSA) is 49.6 Å². The fourth-order valence-corrected chi connectivity index (χ4v) is 3.70. The van der Waals surface area contributed by atoms with Crippen LogP contribution in [0.5, 0.6) is 0 Å². The summed E-state index contributed by atoms with van der Waals surface area (Å²) in [5, 5.41) is 2.00. The van der Waals surface area contributed by atoms with Crippen LogP contribution in [0.1, 0.15) is 25.3 Å². The first-order chi connectivity index (χ1) is 11.5. The molecule has 1 saturated heterocycles. The minimum Gasteiger partial charge on any atom is -0.440 e. The van der Waals surface area contributed by atoms with E-state index in [9.17, 15) is 4.79 Å². The van der Waals surface area contributed by atoms with E-state index < -0.39 is 0 Å².